The molecular formula is C20H30O4. The highest BCUT2D eigenvalue weighted by molar-refractivity contribution is 5.75. The van der Waals surface area contributed by atoms with Crippen LogP contribution in [0, 0.1) is 34.0 Å². The topological polar surface area (TPSA) is 77.8 Å². The Morgan fingerprint density at radius 1 is 1.17 bits per heavy atom. The van der Waals surface area contributed by atoms with Crippen molar-refractivity contribution in [3.05, 3.63) is 12.2 Å². The van der Waals surface area contributed by atoms with Crippen molar-refractivity contribution in [2.24, 2.45) is 34.0 Å². The molecule has 2 bridgehead atoms. The molecule has 0 amide bonds. The highest BCUT2D eigenvalue weighted by atomic mass is 16.4. The third-order valence-corrected chi connectivity index (χ3v) is 8.70. The quantitative estimate of drug-likeness (QED) is 0.644. The number of carboxylic acid groups (broad SMARTS) is 1. The molecule has 8 atom stereocenters. The Balaban J connectivity index is 1.81. The van der Waals surface area contributed by atoms with Gasteiger partial charge in [-0.15, -0.1) is 0 Å². The van der Waals surface area contributed by atoms with Crippen LogP contribution < -0.4 is 0 Å². The summed E-state index contributed by atoms with van der Waals surface area (Å²) in [5, 5.41) is 31.7. The van der Waals surface area contributed by atoms with E-state index in [2.05, 4.69) is 13.5 Å². The van der Waals surface area contributed by atoms with Crippen LogP contribution in [0.25, 0.3) is 0 Å². The predicted octanol–water partition coefficient (Wildman–Crippen LogP) is 2.98. The average Bonchev–Trinajstić information content (AvgIpc) is 2.80. The van der Waals surface area contributed by atoms with Crippen LogP contribution in [-0.2, 0) is 4.79 Å². The minimum absolute atomic E-state index is 0.0282. The molecule has 4 rings (SSSR count). The molecule has 0 radical (unpaired) electrons. The summed E-state index contributed by atoms with van der Waals surface area (Å²) in [4.78, 5) is 12.1. The Bertz CT molecular complexity index is 600. The van der Waals surface area contributed by atoms with Gasteiger partial charge < -0.3 is 15.3 Å². The molecule has 0 heterocycles. The van der Waals surface area contributed by atoms with E-state index < -0.39 is 17.5 Å². The molecule has 0 aliphatic heterocycles. The number of carbonyl (C=O) groups is 1. The molecular weight excluding hydrogens is 304 g/mol. The van der Waals surface area contributed by atoms with Crippen molar-refractivity contribution in [1.82, 2.24) is 0 Å². The van der Waals surface area contributed by atoms with Crippen LogP contribution >= 0.6 is 0 Å². The summed E-state index contributed by atoms with van der Waals surface area (Å²) in [6, 6.07) is 0. The largest absolute Gasteiger partial charge is 0.481 e. The van der Waals surface area contributed by atoms with Crippen molar-refractivity contribution in [2.75, 3.05) is 0 Å². The second-order valence-corrected chi connectivity index (χ2v) is 9.62. The molecule has 8 unspecified atom stereocenters. The number of rotatable bonds is 1. The SMILES string of the molecule is C=C1CC23CC1C(O)CC2C1(C)CCCC(C)(C(=O)O)C1CC3O. The molecule has 4 nitrogen and oxygen atoms in total. The number of fused-ring (bicyclic) bond motifs is 3. The zero-order valence-electron chi connectivity index (χ0n) is 14.8. The van der Waals surface area contributed by atoms with Crippen molar-refractivity contribution >= 4 is 5.97 Å². The fraction of sp³-hybridized carbons (Fsp3) is 0.850. The van der Waals surface area contributed by atoms with Crippen LogP contribution in [0.4, 0.5) is 0 Å². The Kier molecular flexibility index (Phi) is 3.35. The van der Waals surface area contributed by atoms with Gasteiger partial charge in [-0.05, 0) is 62.7 Å². The smallest absolute Gasteiger partial charge is 0.309 e. The van der Waals surface area contributed by atoms with E-state index in [1.54, 1.807) is 0 Å². The summed E-state index contributed by atoms with van der Waals surface area (Å²) in [5.74, 6) is -0.458. The van der Waals surface area contributed by atoms with E-state index in [0.717, 1.165) is 31.3 Å². The highest BCUT2D eigenvalue weighted by Gasteiger charge is 2.69. The van der Waals surface area contributed by atoms with Gasteiger partial charge in [0.05, 0.1) is 17.6 Å². The Morgan fingerprint density at radius 2 is 1.88 bits per heavy atom. The van der Waals surface area contributed by atoms with E-state index in [-0.39, 0.29) is 34.7 Å². The van der Waals surface area contributed by atoms with Gasteiger partial charge in [-0.2, -0.15) is 0 Å². The first-order valence-corrected chi connectivity index (χ1v) is 9.42. The van der Waals surface area contributed by atoms with Gasteiger partial charge in [0.2, 0.25) is 0 Å². The fourth-order valence-electron chi connectivity index (χ4n) is 7.48. The highest BCUT2D eigenvalue weighted by Crippen LogP contribution is 2.72. The van der Waals surface area contributed by atoms with Crippen molar-refractivity contribution in [1.29, 1.82) is 0 Å². The van der Waals surface area contributed by atoms with Crippen molar-refractivity contribution < 1.29 is 20.1 Å². The van der Waals surface area contributed by atoms with Crippen molar-refractivity contribution in [3.63, 3.8) is 0 Å². The molecule has 4 saturated carbocycles. The van der Waals surface area contributed by atoms with Gasteiger partial charge in [-0.1, -0.05) is 25.5 Å². The number of aliphatic hydroxyl groups excluding tert-OH is 2. The number of aliphatic hydroxyl groups is 2. The summed E-state index contributed by atoms with van der Waals surface area (Å²) >= 11 is 0. The van der Waals surface area contributed by atoms with Gasteiger partial charge in [0, 0.05) is 11.3 Å². The predicted molar refractivity (Wildman–Crippen MR) is 90.2 cm³/mol. The van der Waals surface area contributed by atoms with E-state index in [1.807, 2.05) is 6.92 Å². The van der Waals surface area contributed by atoms with Gasteiger partial charge >= 0.3 is 5.97 Å². The molecule has 4 aliphatic carbocycles. The van der Waals surface area contributed by atoms with E-state index in [9.17, 15) is 20.1 Å². The molecule has 3 N–H and O–H groups in total. The second kappa shape index (κ2) is 4.85. The Hall–Kier alpha value is -0.870. The molecule has 0 aromatic heterocycles. The minimum Gasteiger partial charge on any atom is -0.481 e. The summed E-state index contributed by atoms with van der Waals surface area (Å²) in [6.45, 7) is 8.30. The number of carboxylic acids is 1. The minimum atomic E-state index is -0.771. The van der Waals surface area contributed by atoms with E-state index in [4.69, 9.17) is 0 Å². The van der Waals surface area contributed by atoms with E-state index in [0.29, 0.717) is 19.3 Å². The summed E-state index contributed by atoms with van der Waals surface area (Å²) in [6.07, 6.45) is 4.62. The summed E-state index contributed by atoms with van der Waals surface area (Å²) in [5.41, 5.74) is -0.000110. The van der Waals surface area contributed by atoms with Crippen LogP contribution in [0.15, 0.2) is 12.2 Å². The van der Waals surface area contributed by atoms with Crippen LogP contribution in [0.2, 0.25) is 0 Å². The molecule has 1 spiro atoms. The maximum atomic E-state index is 12.1. The van der Waals surface area contributed by atoms with Crippen molar-refractivity contribution in [3.8, 4) is 0 Å². The monoisotopic (exact) mass is 334 g/mol. The molecule has 24 heavy (non-hydrogen) atoms. The van der Waals surface area contributed by atoms with E-state index in [1.165, 1.54) is 0 Å². The van der Waals surface area contributed by atoms with Gasteiger partial charge in [-0.25, -0.2) is 0 Å². The lowest BCUT2D eigenvalue weighted by Crippen LogP contribution is -2.63. The van der Waals surface area contributed by atoms with Crippen molar-refractivity contribution in [2.45, 2.75) is 71.0 Å². The average molecular weight is 334 g/mol. The summed E-state index contributed by atoms with van der Waals surface area (Å²) < 4.78 is 0. The van der Waals surface area contributed by atoms with Gasteiger partial charge in [-0.3, -0.25) is 4.79 Å². The molecule has 4 fully saturated rings. The lowest BCUT2D eigenvalue weighted by molar-refractivity contribution is -0.216. The lowest BCUT2D eigenvalue weighted by atomic mass is 9.40. The van der Waals surface area contributed by atoms with Crippen LogP contribution in [0.5, 0.6) is 0 Å². The first-order valence-electron chi connectivity index (χ1n) is 9.42. The van der Waals surface area contributed by atoms with E-state index >= 15 is 0 Å². The summed E-state index contributed by atoms with van der Waals surface area (Å²) in [7, 11) is 0. The van der Waals surface area contributed by atoms with Gasteiger partial charge in [0.1, 0.15) is 0 Å². The zero-order chi connectivity index (χ0) is 17.5. The van der Waals surface area contributed by atoms with Crippen LogP contribution in [-0.4, -0.2) is 33.5 Å². The molecule has 4 heteroatoms. The van der Waals surface area contributed by atoms with Gasteiger partial charge in [0.25, 0.3) is 0 Å². The maximum Gasteiger partial charge on any atom is 0.309 e. The van der Waals surface area contributed by atoms with Crippen LogP contribution in [0.1, 0.15) is 58.8 Å². The second-order valence-electron chi connectivity index (χ2n) is 9.62. The Labute approximate surface area is 144 Å². The first kappa shape index (κ1) is 16.6. The number of hydrogen-bond donors (Lipinski definition) is 3. The Morgan fingerprint density at radius 3 is 2.54 bits per heavy atom. The normalized spacial score (nSPS) is 56.5. The first-order chi connectivity index (χ1) is 11.1. The fourth-order valence-corrected chi connectivity index (χ4v) is 7.48. The lowest BCUT2D eigenvalue weighted by Gasteiger charge is -2.65. The standard InChI is InChI=1S/C20H30O4/c1-11-9-20-10-12(11)13(21)7-15(20)18(2)5-4-6-19(3,17(23)24)14(18)8-16(20)22/h12-16,21-22H,1,4-10H2,2-3H3,(H,23,24). The molecule has 0 aromatic rings. The zero-order valence-corrected chi connectivity index (χ0v) is 14.8. The van der Waals surface area contributed by atoms with Crippen LogP contribution in [0.3, 0.4) is 0 Å². The number of aliphatic carboxylic acids is 1. The number of hydrogen-bond acceptors (Lipinski definition) is 3. The maximum absolute atomic E-state index is 12.1. The third kappa shape index (κ3) is 1.79. The molecule has 0 saturated heterocycles. The molecule has 0 aromatic carbocycles. The van der Waals surface area contributed by atoms with Gasteiger partial charge in [0.15, 0.2) is 0 Å². The third-order valence-electron chi connectivity index (χ3n) is 8.70. The molecule has 134 valence electrons. The molecule has 4 aliphatic rings.